The number of likely N-dealkylation sites (N-methyl/N-ethyl adjacent to an activating group) is 1. The van der Waals surface area contributed by atoms with Gasteiger partial charge in [-0.3, -0.25) is 19.1 Å². The monoisotopic (exact) mass is 1100 g/mol. The zero-order valence-corrected chi connectivity index (χ0v) is 41.7. The molecule has 3 aliphatic rings. The topological polar surface area (TPSA) is 173 Å². The Balaban J connectivity index is 1.34. The van der Waals surface area contributed by atoms with E-state index in [-0.39, 0.29) is 69.4 Å². The molecule has 1 N–H and O–H groups in total. The average Bonchev–Trinajstić information content (AvgIpc) is 3.77. The molecule has 5 aromatic rings. The number of anilines is 1. The van der Waals surface area contributed by atoms with Crippen LogP contribution >= 0.6 is 11.6 Å². The minimum Gasteiger partial charge on any atom is -0.346 e. The van der Waals surface area contributed by atoms with E-state index in [4.69, 9.17) is 16.6 Å². The number of nitrogens with one attached hydrogen (secondary N) is 1. The zero-order valence-electron chi connectivity index (χ0n) is 39.3. The number of carbonyl (C=O) groups excluding carboxylic acids is 2. The highest BCUT2D eigenvalue weighted by atomic mass is 35.5. The molecule has 15 nitrogen and oxygen atoms in total. The van der Waals surface area contributed by atoms with E-state index in [1.807, 2.05) is 4.90 Å². The van der Waals surface area contributed by atoms with Crippen molar-refractivity contribution in [2.75, 3.05) is 50.0 Å². The number of halogens is 11. The fourth-order valence-electron chi connectivity index (χ4n) is 9.33. The number of amides is 3. The third kappa shape index (κ3) is 10.7. The lowest BCUT2D eigenvalue weighted by molar-refractivity contribution is -0.143. The number of sulfone groups is 1. The maximum absolute atomic E-state index is 15.6. The predicted molar refractivity (Wildman–Crippen MR) is 246 cm³/mol. The Hall–Kier alpha value is -5.54. The summed E-state index contributed by atoms with van der Waals surface area (Å²) in [6.45, 7) is 0.324. The van der Waals surface area contributed by atoms with Gasteiger partial charge in [0.1, 0.15) is 30.4 Å². The van der Waals surface area contributed by atoms with E-state index in [0.29, 0.717) is 30.1 Å². The molecule has 4 heterocycles. The van der Waals surface area contributed by atoms with E-state index in [9.17, 15) is 61.5 Å². The highest BCUT2D eigenvalue weighted by molar-refractivity contribution is 7.93. The van der Waals surface area contributed by atoms with Gasteiger partial charge < -0.3 is 15.1 Å². The minimum absolute atomic E-state index is 0.0163. The minimum atomic E-state index is -5.20. The first-order valence-electron chi connectivity index (χ1n) is 22.4. The summed E-state index contributed by atoms with van der Waals surface area (Å²) in [6, 6.07) is 4.32. The second-order valence-electron chi connectivity index (χ2n) is 19.2. The lowest BCUT2D eigenvalue weighted by Gasteiger charge is -2.34. The molecule has 1 unspecified atom stereocenters. The largest absolute Gasteiger partial charge is 0.435 e. The molecule has 8 rings (SSSR count). The number of sulfonamides is 1. The van der Waals surface area contributed by atoms with Crippen LogP contribution in [0.2, 0.25) is 5.02 Å². The molecule has 0 radical (unpaired) electrons. The molecule has 1 saturated heterocycles. The maximum Gasteiger partial charge on any atom is 0.435 e. The summed E-state index contributed by atoms with van der Waals surface area (Å²) in [6.07, 6.45) is -9.78. The third-order valence-electron chi connectivity index (χ3n) is 13.4. The number of carbonyl (C=O) groups is 2. The summed E-state index contributed by atoms with van der Waals surface area (Å²) in [4.78, 5) is 36.1. The van der Waals surface area contributed by atoms with Gasteiger partial charge in [0.15, 0.2) is 21.3 Å². The SMILES string of the molecule is CN1CCN(C(=O)N(c2nn(CC(F)(F)F)c3c(-c4ccc(CCC(C)(C)S(C)(=O)=O)nc4[C@H](Cc4cc(F)cc(F)c4)NC(=O)Cn4nc(C(F)(F)F)c5c4C(F)(F)C4C[C@H]54)ccc(Cl)c23)S(C)(=O)=O)CC1. The van der Waals surface area contributed by atoms with Crippen LogP contribution in [0.5, 0.6) is 0 Å². The lowest BCUT2D eigenvalue weighted by atomic mass is 9.93. The van der Waals surface area contributed by atoms with Gasteiger partial charge >= 0.3 is 18.4 Å². The van der Waals surface area contributed by atoms with Crippen molar-refractivity contribution >= 4 is 60.1 Å². The molecular formula is C45H46ClF10N9O6S2. The van der Waals surface area contributed by atoms with Crippen LogP contribution in [0.4, 0.5) is 54.5 Å². The van der Waals surface area contributed by atoms with E-state index >= 15 is 8.78 Å². The summed E-state index contributed by atoms with van der Waals surface area (Å²) < 4.78 is 200. The number of fused-ring (bicyclic) bond motifs is 4. The second-order valence-corrected chi connectivity index (χ2v) is 24.1. The molecule has 0 bridgehead atoms. The number of nitrogens with zero attached hydrogens (tertiary/aromatic N) is 8. The van der Waals surface area contributed by atoms with Gasteiger partial charge in [-0.25, -0.2) is 30.4 Å². The number of alkyl halides is 8. The molecule has 1 saturated carbocycles. The number of rotatable bonds is 14. The molecule has 28 heteroatoms. The van der Waals surface area contributed by atoms with Crippen molar-refractivity contribution in [3.63, 3.8) is 0 Å². The number of hydrogen-bond acceptors (Lipinski definition) is 10. The normalized spacial score (nSPS) is 18.7. The first-order valence-corrected chi connectivity index (χ1v) is 26.5. The zero-order chi connectivity index (χ0) is 53.7. The summed E-state index contributed by atoms with van der Waals surface area (Å²) in [7, 11) is -6.69. The molecule has 73 heavy (non-hydrogen) atoms. The Bertz CT molecular complexity index is 3250. The van der Waals surface area contributed by atoms with E-state index < -0.39 is 143 Å². The van der Waals surface area contributed by atoms with Crippen LogP contribution in [0.25, 0.3) is 22.0 Å². The molecule has 2 aliphatic carbocycles. The van der Waals surface area contributed by atoms with Crippen LogP contribution < -0.4 is 9.62 Å². The van der Waals surface area contributed by atoms with Crippen molar-refractivity contribution in [1.29, 1.82) is 0 Å². The Morgan fingerprint density at radius 3 is 2.12 bits per heavy atom. The Morgan fingerprint density at radius 2 is 1.53 bits per heavy atom. The van der Waals surface area contributed by atoms with Crippen LogP contribution in [-0.2, 0) is 62.7 Å². The fourth-order valence-corrected chi connectivity index (χ4v) is 10.9. The van der Waals surface area contributed by atoms with E-state index in [0.717, 1.165) is 29.4 Å². The molecule has 2 aromatic carbocycles. The number of aromatic nitrogens is 5. The highest BCUT2D eigenvalue weighted by Gasteiger charge is 2.68. The van der Waals surface area contributed by atoms with Crippen molar-refractivity contribution < 1.29 is 70.3 Å². The first kappa shape index (κ1) is 53.7. The third-order valence-corrected chi connectivity index (χ3v) is 16.9. The summed E-state index contributed by atoms with van der Waals surface area (Å²) in [5, 5.41) is 9.09. The van der Waals surface area contributed by atoms with Crippen molar-refractivity contribution in [3.05, 3.63) is 93.0 Å². The van der Waals surface area contributed by atoms with Crippen LogP contribution in [0.3, 0.4) is 0 Å². The van der Waals surface area contributed by atoms with Gasteiger partial charge in [-0.05, 0) is 82.3 Å². The number of benzene rings is 2. The molecule has 1 aliphatic heterocycles. The van der Waals surface area contributed by atoms with Crippen molar-refractivity contribution in [1.82, 2.24) is 39.7 Å². The van der Waals surface area contributed by atoms with Gasteiger partial charge in [0.25, 0.3) is 5.92 Å². The highest BCUT2D eigenvalue weighted by Crippen LogP contribution is 2.68. The van der Waals surface area contributed by atoms with Gasteiger partial charge in [0.2, 0.25) is 15.9 Å². The predicted octanol–water partition coefficient (Wildman–Crippen LogP) is 8.01. The second kappa shape index (κ2) is 18.7. The van der Waals surface area contributed by atoms with Gasteiger partial charge in [0, 0.05) is 66.8 Å². The summed E-state index contributed by atoms with van der Waals surface area (Å²) in [5.41, 5.74) is -4.94. The standard InChI is InChI=1S/C45H46ClF10N9O6S2/c1-42(2,72(4,68)69)11-10-26-6-7-27(28-8-9-31(46)35-37(28)64(22-43(49,50)51)60-40(35)65(73(5,70)71)41(67)62-14-12-61(3)13-15-62)36(57-26)32(18-23-16-24(47)19-25(48)17-23)58-33(66)21-63-39-34(38(59-63)45(54,55)56)29-20-30(29)44(39,52)53/h6-9,16-17,19,29-30,32H,10-15,18,20-22H2,1-5H3,(H,58,66)/t29-,30?,32-/m0/s1. The van der Waals surface area contributed by atoms with Crippen LogP contribution in [0, 0.1) is 17.6 Å². The van der Waals surface area contributed by atoms with Crippen molar-refractivity contribution in [2.24, 2.45) is 5.92 Å². The Kier molecular flexibility index (Phi) is 13.8. The van der Waals surface area contributed by atoms with Crippen LogP contribution in [0.15, 0.2) is 42.5 Å². The first-order chi connectivity index (χ1) is 33.7. The number of hydrogen-bond donors (Lipinski definition) is 1. The molecule has 3 atom stereocenters. The van der Waals surface area contributed by atoms with Crippen LogP contribution in [0.1, 0.15) is 72.6 Å². The number of piperazine rings is 1. The maximum atomic E-state index is 15.6. The van der Waals surface area contributed by atoms with Gasteiger partial charge in [0.05, 0.1) is 38.7 Å². The van der Waals surface area contributed by atoms with E-state index in [1.165, 1.54) is 32.0 Å². The number of aryl methyl sites for hydroxylation is 1. The molecule has 0 spiro atoms. The molecule has 3 amide bonds. The molecule has 3 aromatic heterocycles. The van der Waals surface area contributed by atoms with Crippen molar-refractivity contribution in [3.8, 4) is 11.1 Å². The lowest BCUT2D eigenvalue weighted by Crippen LogP contribution is -2.53. The number of urea groups is 1. The van der Waals surface area contributed by atoms with Crippen LogP contribution in [-0.4, -0.2) is 120 Å². The molecule has 2 fully saturated rings. The van der Waals surface area contributed by atoms with E-state index in [1.54, 1.807) is 7.05 Å². The van der Waals surface area contributed by atoms with Gasteiger partial charge in [-0.1, -0.05) is 23.7 Å². The quantitative estimate of drug-likeness (QED) is 0.107. The van der Waals surface area contributed by atoms with E-state index in [2.05, 4.69) is 15.5 Å². The smallest absolute Gasteiger partial charge is 0.346 e. The van der Waals surface area contributed by atoms with Gasteiger partial charge in [-0.2, -0.15) is 49.6 Å². The molecular weight excluding hydrogens is 1050 g/mol. The Labute approximate surface area is 416 Å². The molecule has 396 valence electrons. The fraction of sp³-hybridized carbons (Fsp3) is 0.489. The average molecular weight is 1100 g/mol. The summed E-state index contributed by atoms with van der Waals surface area (Å²) >= 11 is 6.73. The van der Waals surface area contributed by atoms with Gasteiger partial charge in [-0.15, -0.1) is 0 Å². The number of pyridine rings is 1. The van der Waals surface area contributed by atoms with Crippen molar-refractivity contribution in [2.45, 2.75) is 87.6 Å². The summed E-state index contributed by atoms with van der Waals surface area (Å²) in [5.74, 6) is -10.8. The Morgan fingerprint density at radius 1 is 0.904 bits per heavy atom.